The molecule has 72 valence electrons. The van der Waals surface area contributed by atoms with Gasteiger partial charge in [-0.1, -0.05) is 18.2 Å². The van der Waals surface area contributed by atoms with Gasteiger partial charge in [0.05, 0.1) is 7.11 Å². The monoisotopic (exact) mass is 200 g/mol. The Labute approximate surface area is 83.5 Å². The minimum absolute atomic E-state index is 0. The van der Waals surface area contributed by atoms with Crippen molar-refractivity contribution < 1.29 is 21.9 Å². The SMILES string of the molecule is COC(=O)CNc1ccccc1.[Cl-]. The Morgan fingerprint density at radius 3 is 2.54 bits per heavy atom. The van der Waals surface area contributed by atoms with Crippen molar-refractivity contribution in [2.45, 2.75) is 0 Å². The van der Waals surface area contributed by atoms with Crippen LogP contribution in [0.15, 0.2) is 30.3 Å². The second kappa shape index (κ2) is 6.31. The number of benzene rings is 1. The van der Waals surface area contributed by atoms with Crippen molar-refractivity contribution in [1.29, 1.82) is 0 Å². The molecule has 0 saturated heterocycles. The molecule has 1 aromatic carbocycles. The highest BCUT2D eigenvalue weighted by atomic mass is 35.5. The molecule has 0 atom stereocenters. The van der Waals surface area contributed by atoms with Crippen LogP contribution in [0.4, 0.5) is 5.69 Å². The molecule has 1 N–H and O–H groups in total. The predicted molar refractivity (Wildman–Crippen MR) is 46.9 cm³/mol. The molecule has 0 aromatic heterocycles. The van der Waals surface area contributed by atoms with Gasteiger partial charge in [-0.2, -0.15) is 0 Å². The van der Waals surface area contributed by atoms with Crippen LogP contribution in [0.3, 0.4) is 0 Å². The van der Waals surface area contributed by atoms with Crippen molar-refractivity contribution in [1.82, 2.24) is 0 Å². The normalized spacial score (nSPS) is 8.38. The molecule has 4 heteroatoms. The number of methoxy groups -OCH3 is 1. The summed E-state index contributed by atoms with van der Waals surface area (Å²) in [6, 6.07) is 9.51. The molecule has 0 amide bonds. The summed E-state index contributed by atoms with van der Waals surface area (Å²) in [6.45, 7) is 0.209. The van der Waals surface area contributed by atoms with E-state index in [1.807, 2.05) is 30.3 Å². The first-order valence-corrected chi connectivity index (χ1v) is 3.68. The van der Waals surface area contributed by atoms with Crippen molar-refractivity contribution in [3.05, 3.63) is 30.3 Å². The standard InChI is InChI=1S/C9H11NO2.ClH/c1-12-9(11)7-10-8-5-3-2-4-6-8;/h2-6,10H,7H2,1H3;1H/p-1. The van der Waals surface area contributed by atoms with Gasteiger partial charge < -0.3 is 22.5 Å². The van der Waals surface area contributed by atoms with Gasteiger partial charge in [-0.15, -0.1) is 0 Å². The average Bonchev–Trinajstić information content (AvgIpc) is 2.16. The lowest BCUT2D eigenvalue weighted by atomic mass is 10.3. The molecule has 0 radical (unpaired) electrons. The van der Waals surface area contributed by atoms with Gasteiger partial charge in [-0.25, -0.2) is 0 Å². The van der Waals surface area contributed by atoms with Gasteiger partial charge in [0, 0.05) is 5.69 Å². The third kappa shape index (κ3) is 4.38. The largest absolute Gasteiger partial charge is 1.00 e. The van der Waals surface area contributed by atoms with E-state index in [9.17, 15) is 4.79 Å². The number of carbonyl (C=O) groups is 1. The van der Waals surface area contributed by atoms with E-state index in [1.54, 1.807) is 0 Å². The number of anilines is 1. The average molecular weight is 201 g/mol. The third-order valence-corrected chi connectivity index (χ3v) is 1.44. The Bertz CT molecular complexity index is 251. The fourth-order valence-corrected chi connectivity index (χ4v) is 0.802. The van der Waals surface area contributed by atoms with Gasteiger partial charge >= 0.3 is 5.97 Å². The molecule has 0 aliphatic heterocycles. The van der Waals surface area contributed by atoms with E-state index in [0.29, 0.717) is 0 Å². The molecule has 0 aliphatic rings. The maximum Gasteiger partial charge on any atom is 0.325 e. The van der Waals surface area contributed by atoms with Crippen LogP contribution in [-0.4, -0.2) is 19.6 Å². The summed E-state index contributed by atoms with van der Waals surface area (Å²) in [5.74, 6) is -0.265. The number of hydrogen-bond donors (Lipinski definition) is 1. The lowest BCUT2D eigenvalue weighted by Crippen LogP contribution is -3.00. The minimum atomic E-state index is -0.265. The molecule has 13 heavy (non-hydrogen) atoms. The second-order valence-corrected chi connectivity index (χ2v) is 2.30. The third-order valence-electron chi connectivity index (χ3n) is 1.44. The van der Waals surface area contributed by atoms with E-state index >= 15 is 0 Å². The van der Waals surface area contributed by atoms with Crippen LogP contribution < -0.4 is 17.7 Å². The molecule has 1 aromatic rings. The number of ether oxygens (including phenoxy) is 1. The molecule has 0 bridgehead atoms. The summed E-state index contributed by atoms with van der Waals surface area (Å²) in [4.78, 5) is 10.7. The van der Waals surface area contributed by atoms with E-state index in [-0.39, 0.29) is 24.9 Å². The summed E-state index contributed by atoms with van der Waals surface area (Å²) < 4.78 is 4.47. The van der Waals surface area contributed by atoms with Crippen molar-refractivity contribution in [2.24, 2.45) is 0 Å². The molecule has 0 fully saturated rings. The second-order valence-electron chi connectivity index (χ2n) is 2.30. The van der Waals surface area contributed by atoms with Gasteiger partial charge in [0.25, 0.3) is 0 Å². The van der Waals surface area contributed by atoms with Crippen LogP contribution in [0, 0.1) is 0 Å². The number of esters is 1. The molecular weight excluding hydrogens is 190 g/mol. The highest BCUT2D eigenvalue weighted by molar-refractivity contribution is 5.74. The number of hydrogen-bond acceptors (Lipinski definition) is 3. The Hall–Kier alpha value is -1.22. The molecule has 1 rings (SSSR count). The zero-order chi connectivity index (χ0) is 8.81. The van der Waals surface area contributed by atoms with Gasteiger partial charge in [-0.3, -0.25) is 4.79 Å². The Kier molecular flexibility index (Phi) is 5.72. The maximum atomic E-state index is 10.7. The number of para-hydroxylation sites is 1. The fourth-order valence-electron chi connectivity index (χ4n) is 0.802. The molecule has 0 spiro atoms. The van der Waals surface area contributed by atoms with Gasteiger partial charge in [0.15, 0.2) is 0 Å². The predicted octanol–water partition coefficient (Wildman–Crippen LogP) is -1.72. The number of nitrogens with one attached hydrogen (secondary N) is 1. The Morgan fingerprint density at radius 2 is 2.00 bits per heavy atom. The zero-order valence-corrected chi connectivity index (χ0v) is 8.04. The Balaban J connectivity index is 0.00000144. The van der Waals surface area contributed by atoms with Crippen LogP contribution in [0.5, 0.6) is 0 Å². The van der Waals surface area contributed by atoms with E-state index in [2.05, 4.69) is 10.1 Å². The fraction of sp³-hybridized carbons (Fsp3) is 0.222. The molecule has 3 nitrogen and oxygen atoms in total. The minimum Gasteiger partial charge on any atom is -1.00 e. The highest BCUT2D eigenvalue weighted by Gasteiger charge is 1.97. The summed E-state index contributed by atoms with van der Waals surface area (Å²) in [7, 11) is 1.37. The van der Waals surface area contributed by atoms with E-state index in [0.717, 1.165) is 5.69 Å². The lowest BCUT2D eigenvalue weighted by molar-refractivity contribution is -0.138. The zero-order valence-electron chi connectivity index (χ0n) is 7.29. The Morgan fingerprint density at radius 1 is 1.38 bits per heavy atom. The number of carbonyl (C=O) groups excluding carboxylic acids is 1. The highest BCUT2D eigenvalue weighted by Crippen LogP contribution is 2.03. The first-order chi connectivity index (χ1) is 5.83. The van der Waals surface area contributed by atoms with Crippen LogP contribution >= 0.6 is 0 Å². The summed E-state index contributed by atoms with van der Waals surface area (Å²) in [6.07, 6.45) is 0. The summed E-state index contributed by atoms with van der Waals surface area (Å²) in [5.41, 5.74) is 0.919. The number of halogens is 1. The van der Waals surface area contributed by atoms with E-state index in [4.69, 9.17) is 0 Å². The van der Waals surface area contributed by atoms with Crippen LogP contribution in [0.25, 0.3) is 0 Å². The van der Waals surface area contributed by atoms with Gasteiger partial charge in [0.1, 0.15) is 6.54 Å². The first-order valence-electron chi connectivity index (χ1n) is 3.68. The first kappa shape index (κ1) is 11.8. The molecular formula is C9H11ClNO2-. The maximum absolute atomic E-state index is 10.7. The van der Waals surface area contributed by atoms with Crippen LogP contribution in [-0.2, 0) is 9.53 Å². The summed E-state index contributed by atoms with van der Waals surface area (Å²) in [5, 5.41) is 2.92. The van der Waals surface area contributed by atoms with E-state index in [1.165, 1.54) is 7.11 Å². The molecule has 0 aliphatic carbocycles. The van der Waals surface area contributed by atoms with Crippen molar-refractivity contribution in [3.63, 3.8) is 0 Å². The van der Waals surface area contributed by atoms with Crippen molar-refractivity contribution in [3.8, 4) is 0 Å². The van der Waals surface area contributed by atoms with Crippen LogP contribution in [0.1, 0.15) is 0 Å². The van der Waals surface area contributed by atoms with Gasteiger partial charge in [0.2, 0.25) is 0 Å². The van der Waals surface area contributed by atoms with Crippen molar-refractivity contribution in [2.75, 3.05) is 19.0 Å². The van der Waals surface area contributed by atoms with Crippen molar-refractivity contribution >= 4 is 11.7 Å². The quantitative estimate of drug-likeness (QED) is 0.590. The van der Waals surface area contributed by atoms with Crippen LogP contribution in [0.2, 0.25) is 0 Å². The molecule has 0 saturated carbocycles. The molecule has 0 heterocycles. The summed E-state index contributed by atoms with van der Waals surface area (Å²) >= 11 is 0. The lowest BCUT2D eigenvalue weighted by Gasteiger charge is -2.03. The topological polar surface area (TPSA) is 38.3 Å². The van der Waals surface area contributed by atoms with Gasteiger partial charge in [-0.05, 0) is 12.1 Å². The number of rotatable bonds is 3. The molecule has 0 unspecified atom stereocenters. The van der Waals surface area contributed by atoms with E-state index < -0.39 is 0 Å². The smallest absolute Gasteiger partial charge is 0.325 e.